The minimum atomic E-state index is -1.13. The molecular formula is C20H24O6. The molecule has 3 heterocycles. The third-order valence-electron chi connectivity index (χ3n) is 5.54. The van der Waals surface area contributed by atoms with Gasteiger partial charge in [-0.3, -0.25) is 4.79 Å². The van der Waals surface area contributed by atoms with Gasteiger partial charge in [-0.05, 0) is 27.2 Å². The molecule has 0 unspecified atom stereocenters. The molecule has 0 amide bonds. The summed E-state index contributed by atoms with van der Waals surface area (Å²) in [6, 6.07) is 0. The fraction of sp³-hybridized carbons (Fsp3) is 0.550. The fourth-order valence-corrected chi connectivity index (χ4v) is 3.75. The van der Waals surface area contributed by atoms with Gasteiger partial charge in [-0.1, -0.05) is 19.6 Å². The number of ketones is 1. The van der Waals surface area contributed by atoms with Crippen LogP contribution in [0.2, 0.25) is 0 Å². The molecule has 0 radical (unpaired) electrons. The maximum absolute atomic E-state index is 12.5. The van der Waals surface area contributed by atoms with Gasteiger partial charge in [0.25, 0.3) is 0 Å². The van der Waals surface area contributed by atoms with Gasteiger partial charge < -0.3 is 14.2 Å². The number of hydrogen-bond donors (Lipinski definition) is 0. The number of carbonyl (C=O) groups is 3. The lowest BCUT2D eigenvalue weighted by molar-refractivity contribution is -0.153. The highest BCUT2D eigenvalue weighted by Gasteiger charge is 2.53. The molecule has 0 aliphatic carbocycles. The SMILES string of the molecule is C=C1C(=O)O[C@@H]2C[C@H](C)C3=CC(=O)[C@@](C)(C[C@@H](OC(=O)/C(C)=C\C)[C@@H]12)O3. The number of carbonyl (C=O) groups excluding carboxylic acids is 3. The summed E-state index contributed by atoms with van der Waals surface area (Å²) < 4.78 is 17.2. The highest BCUT2D eigenvalue weighted by molar-refractivity contribution is 5.99. The molecule has 0 N–H and O–H groups in total. The minimum Gasteiger partial charge on any atom is -0.483 e. The van der Waals surface area contributed by atoms with Gasteiger partial charge >= 0.3 is 11.9 Å². The first-order chi connectivity index (χ1) is 12.2. The summed E-state index contributed by atoms with van der Waals surface area (Å²) in [6.07, 6.45) is 2.57. The zero-order valence-corrected chi connectivity index (χ0v) is 15.5. The molecule has 3 aliphatic heterocycles. The average Bonchev–Trinajstić information content (AvgIpc) is 3.03. The van der Waals surface area contributed by atoms with Gasteiger partial charge in [0, 0.05) is 29.6 Å². The predicted octanol–water partition coefficient (Wildman–Crippen LogP) is 2.63. The highest BCUT2D eigenvalue weighted by Crippen LogP contribution is 2.44. The number of fused-ring (bicyclic) bond motifs is 3. The molecule has 0 saturated carbocycles. The first kappa shape index (κ1) is 18.4. The van der Waals surface area contributed by atoms with Crippen molar-refractivity contribution in [1.29, 1.82) is 0 Å². The Morgan fingerprint density at radius 1 is 1.42 bits per heavy atom. The monoisotopic (exact) mass is 360 g/mol. The second kappa shape index (κ2) is 6.41. The van der Waals surface area contributed by atoms with E-state index in [9.17, 15) is 14.4 Å². The van der Waals surface area contributed by atoms with E-state index in [-0.39, 0.29) is 23.7 Å². The van der Waals surface area contributed by atoms with E-state index in [0.29, 0.717) is 17.8 Å². The first-order valence-electron chi connectivity index (χ1n) is 8.85. The lowest BCUT2D eigenvalue weighted by atomic mass is 9.80. The van der Waals surface area contributed by atoms with Crippen LogP contribution in [0.1, 0.15) is 40.5 Å². The summed E-state index contributed by atoms with van der Waals surface area (Å²) in [5.41, 5.74) is -0.395. The molecule has 3 rings (SSSR count). The van der Waals surface area contributed by atoms with Crippen LogP contribution in [0.15, 0.2) is 35.6 Å². The third-order valence-corrected chi connectivity index (χ3v) is 5.54. The molecule has 6 nitrogen and oxygen atoms in total. The lowest BCUT2D eigenvalue weighted by Crippen LogP contribution is -2.43. The Bertz CT molecular complexity index is 745. The molecular weight excluding hydrogens is 336 g/mol. The van der Waals surface area contributed by atoms with Crippen LogP contribution >= 0.6 is 0 Å². The second-order valence-corrected chi connectivity index (χ2v) is 7.49. The molecule has 0 aromatic carbocycles. The minimum absolute atomic E-state index is 0.0984. The Labute approximate surface area is 152 Å². The standard InChI is InChI=1S/C20H24O6/c1-6-10(2)18(22)25-15-9-20(5)16(21)8-13(26-20)11(3)7-14-17(15)12(4)19(23)24-14/h6,8,11,14-15,17H,4,7,9H2,1-3,5H3/b10-6-/t11-,14+,15+,17-,20+/m0/s1. The maximum atomic E-state index is 12.5. The van der Waals surface area contributed by atoms with Crippen molar-refractivity contribution in [3.05, 3.63) is 35.6 Å². The van der Waals surface area contributed by atoms with Gasteiger partial charge in [-0.2, -0.15) is 0 Å². The fourth-order valence-electron chi connectivity index (χ4n) is 3.75. The summed E-state index contributed by atoms with van der Waals surface area (Å²) >= 11 is 0. The van der Waals surface area contributed by atoms with E-state index in [1.165, 1.54) is 6.08 Å². The van der Waals surface area contributed by atoms with Crippen LogP contribution in [0, 0.1) is 11.8 Å². The van der Waals surface area contributed by atoms with Crippen molar-refractivity contribution in [2.24, 2.45) is 11.8 Å². The Morgan fingerprint density at radius 2 is 2.12 bits per heavy atom. The van der Waals surface area contributed by atoms with Gasteiger partial charge in [-0.25, -0.2) is 9.59 Å². The third kappa shape index (κ3) is 2.97. The Balaban J connectivity index is 2.00. The topological polar surface area (TPSA) is 78.9 Å². The second-order valence-electron chi connectivity index (χ2n) is 7.49. The predicted molar refractivity (Wildman–Crippen MR) is 92.8 cm³/mol. The van der Waals surface area contributed by atoms with Crippen LogP contribution in [0.25, 0.3) is 0 Å². The van der Waals surface area contributed by atoms with Crippen molar-refractivity contribution in [1.82, 2.24) is 0 Å². The summed E-state index contributed by atoms with van der Waals surface area (Å²) in [5, 5.41) is 0. The van der Waals surface area contributed by atoms with Crippen LogP contribution in [0.3, 0.4) is 0 Å². The van der Waals surface area contributed by atoms with E-state index in [1.54, 1.807) is 26.8 Å². The van der Waals surface area contributed by atoms with E-state index in [1.807, 2.05) is 6.92 Å². The van der Waals surface area contributed by atoms with E-state index < -0.39 is 35.7 Å². The van der Waals surface area contributed by atoms with Crippen LogP contribution < -0.4 is 0 Å². The summed E-state index contributed by atoms with van der Waals surface area (Å²) in [6.45, 7) is 10.9. The van der Waals surface area contributed by atoms with Crippen LogP contribution in [0.5, 0.6) is 0 Å². The lowest BCUT2D eigenvalue weighted by Gasteiger charge is -2.31. The largest absolute Gasteiger partial charge is 0.483 e. The van der Waals surface area contributed by atoms with E-state index >= 15 is 0 Å². The van der Waals surface area contributed by atoms with Crippen molar-refractivity contribution in [3.63, 3.8) is 0 Å². The zero-order valence-electron chi connectivity index (χ0n) is 15.5. The molecule has 6 heteroatoms. The number of allylic oxidation sites excluding steroid dienone is 2. The quantitative estimate of drug-likeness (QED) is 0.556. The Kier molecular flexibility index (Phi) is 4.54. The van der Waals surface area contributed by atoms with Crippen molar-refractivity contribution in [2.45, 2.75) is 58.3 Å². The summed E-state index contributed by atoms with van der Waals surface area (Å²) in [5.74, 6) is -1.13. The molecule has 0 aromatic rings. The molecule has 2 bridgehead atoms. The highest BCUT2D eigenvalue weighted by atomic mass is 16.6. The number of hydrogen-bond acceptors (Lipinski definition) is 6. The van der Waals surface area contributed by atoms with Gasteiger partial charge in [0.15, 0.2) is 5.60 Å². The van der Waals surface area contributed by atoms with Crippen LogP contribution in [0.4, 0.5) is 0 Å². The van der Waals surface area contributed by atoms with Gasteiger partial charge in [-0.15, -0.1) is 0 Å². The Morgan fingerprint density at radius 3 is 2.77 bits per heavy atom. The molecule has 0 aromatic heterocycles. The number of ether oxygens (including phenoxy) is 3. The van der Waals surface area contributed by atoms with Crippen LogP contribution in [-0.4, -0.2) is 35.5 Å². The molecule has 2 fully saturated rings. The smallest absolute Gasteiger partial charge is 0.334 e. The van der Waals surface area contributed by atoms with Gasteiger partial charge in [0.1, 0.15) is 18.0 Å². The molecule has 5 atom stereocenters. The first-order valence-corrected chi connectivity index (χ1v) is 8.85. The van der Waals surface area contributed by atoms with Crippen molar-refractivity contribution < 1.29 is 28.6 Å². The summed E-state index contributed by atoms with van der Waals surface area (Å²) in [7, 11) is 0. The molecule has 26 heavy (non-hydrogen) atoms. The van der Waals surface area contributed by atoms with Crippen molar-refractivity contribution >= 4 is 17.7 Å². The zero-order chi connectivity index (χ0) is 19.2. The Hall–Kier alpha value is -2.37. The van der Waals surface area contributed by atoms with Crippen molar-refractivity contribution in [3.8, 4) is 0 Å². The molecule has 3 aliphatic rings. The van der Waals surface area contributed by atoms with E-state index in [0.717, 1.165) is 0 Å². The number of rotatable bonds is 2. The maximum Gasteiger partial charge on any atom is 0.334 e. The van der Waals surface area contributed by atoms with Gasteiger partial charge in [0.05, 0.1) is 5.92 Å². The van der Waals surface area contributed by atoms with E-state index in [4.69, 9.17) is 14.2 Å². The molecule has 0 spiro atoms. The van der Waals surface area contributed by atoms with E-state index in [2.05, 4.69) is 6.58 Å². The van der Waals surface area contributed by atoms with Crippen molar-refractivity contribution in [2.75, 3.05) is 0 Å². The van der Waals surface area contributed by atoms with Gasteiger partial charge in [0.2, 0.25) is 5.78 Å². The average molecular weight is 360 g/mol. The molecule has 2 saturated heterocycles. The summed E-state index contributed by atoms with van der Waals surface area (Å²) in [4.78, 5) is 37.0. The number of esters is 2. The normalized spacial score (nSPS) is 37.0. The molecule has 140 valence electrons. The van der Waals surface area contributed by atoms with Crippen LogP contribution in [-0.2, 0) is 28.6 Å².